The van der Waals surface area contributed by atoms with E-state index in [2.05, 4.69) is 39.8 Å². The molecule has 0 radical (unpaired) electrons. The smallest absolute Gasteiger partial charge is 0.234 e. The molecule has 128 valence electrons. The molecule has 2 N–H and O–H groups in total. The number of hydrogen-bond acceptors (Lipinski definition) is 3. The summed E-state index contributed by atoms with van der Waals surface area (Å²) in [5.74, 6) is 0.167. The summed E-state index contributed by atoms with van der Waals surface area (Å²) in [4.78, 5) is 14.8. The van der Waals surface area contributed by atoms with E-state index >= 15 is 0 Å². The number of carbonyl (C=O) groups excluding carboxylic acids is 1. The molecule has 1 atom stereocenters. The van der Waals surface area contributed by atoms with Crippen molar-refractivity contribution in [2.45, 2.75) is 43.7 Å². The summed E-state index contributed by atoms with van der Waals surface area (Å²) in [6, 6.07) is 10.9. The van der Waals surface area contributed by atoms with Crippen LogP contribution in [0.4, 0.5) is 0 Å². The molecule has 1 aliphatic carbocycles. The molecule has 1 aromatic rings. The minimum absolute atomic E-state index is 0. The van der Waals surface area contributed by atoms with Crippen molar-refractivity contribution in [1.82, 2.24) is 15.5 Å². The predicted octanol–water partition coefficient (Wildman–Crippen LogP) is 2.29. The average molecular weight is 338 g/mol. The molecule has 4 nitrogen and oxygen atoms in total. The first-order chi connectivity index (χ1) is 10.7. The van der Waals surface area contributed by atoms with Gasteiger partial charge in [0.05, 0.1) is 12.1 Å². The highest BCUT2D eigenvalue weighted by molar-refractivity contribution is 5.85. The lowest BCUT2D eigenvalue weighted by molar-refractivity contribution is -0.125. The van der Waals surface area contributed by atoms with Crippen LogP contribution >= 0.6 is 12.4 Å². The minimum atomic E-state index is -0.115. The topological polar surface area (TPSA) is 44.4 Å². The van der Waals surface area contributed by atoms with Crippen molar-refractivity contribution in [1.29, 1.82) is 0 Å². The SMILES string of the molecule is CNC1CCCN(CC(=O)NC2(c3ccccc3)CCC2)C1.Cl. The Morgan fingerprint density at radius 1 is 1.26 bits per heavy atom. The zero-order chi connectivity index (χ0) is 15.4. The van der Waals surface area contributed by atoms with Gasteiger partial charge in [-0.1, -0.05) is 30.3 Å². The third-order valence-electron chi connectivity index (χ3n) is 5.19. The van der Waals surface area contributed by atoms with Crippen LogP contribution in [0.3, 0.4) is 0 Å². The van der Waals surface area contributed by atoms with Crippen LogP contribution in [-0.2, 0) is 10.3 Å². The summed E-state index contributed by atoms with van der Waals surface area (Å²) in [7, 11) is 2.01. The fraction of sp³-hybridized carbons (Fsp3) is 0.611. The van der Waals surface area contributed by atoms with Crippen LogP contribution in [0.2, 0.25) is 0 Å². The summed E-state index contributed by atoms with van der Waals surface area (Å²) in [6.45, 7) is 2.53. The molecular weight excluding hydrogens is 310 g/mol. The predicted molar refractivity (Wildman–Crippen MR) is 95.9 cm³/mol. The van der Waals surface area contributed by atoms with Crippen molar-refractivity contribution in [2.75, 3.05) is 26.7 Å². The Labute approximate surface area is 145 Å². The highest BCUT2D eigenvalue weighted by Gasteiger charge is 2.40. The number of carbonyl (C=O) groups is 1. The third kappa shape index (κ3) is 4.25. The molecule has 1 aliphatic heterocycles. The molecule has 2 aliphatic rings. The molecule has 23 heavy (non-hydrogen) atoms. The second kappa shape index (κ2) is 8.13. The Morgan fingerprint density at radius 2 is 2.00 bits per heavy atom. The number of hydrogen-bond donors (Lipinski definition) is 2. The first-order valence-electron chi connectivity index (χ1n) is 8.48. The number of rotatable bonds is 5. The van der Waals surface area contributed by atoms with Gasteiger partial charge in [-0.25, -0.2) is 0 Å². The highest BCUT2D eigenvalue weighted by atomic mass is 35.5. The van der Waals surface area contributed by atoms with Gasteiger partial charge in [-0.3, -0.25) is 9.69 Å². The maximum Gasteiger partial charge on any atom is 0.234 e. The molecule has 1 saturated carbocycles. The Morgan fingerprint density at radius 3 is 2.61 bits per heavy atom. The van der Waals surface area contributed by atoms with E-state index in [9.17, 15) is 4.79 Å². The molecule has 1 saturated heterocycles. The van der Waals surface area contributed by atoms with E-state index in [0.29, 0.717) is 12.6 Å². The number of likely N-dealkylation sites (tertiary alicyclic amines) is 1. The average Bonchev–Trinajstić information content (AvgIpc) is 2.52. The Hall–Kier alpha value is -1.10. The van der Waals surface area contributed by atoms with Crippen molar-refractivity contribution in [3.63, 3.8) is 0 Å². The highest BCUT2D eigenvalue weighted by Crippen LogP contribution is 2.41. The lowest BCUT2D eigenvalue weighted by Gasteiger charge is -2.43. The van der Waals surface area contributed by atoms with Gasteiger partial charge >= 0.3 is 0 Å². The Balaban J connectivity index is 0.00000192. The summed E-state index contributed by atoms with van der Waals surface area (Å²) >= 11 is 0. The van der Waals surface area contributed by atoms with E-state index in [0.717, 1.165) is 25.9 Å². The largest absolute Gasteiger partial charge is 0.345 e. The Kier molecular flexibility index (Phi) is 6.45. The number of nitrogens with one attached hydrogen (secondary N) is 2. The van der Waals surface area contributed by atoms with Crippen molar-refractivity contribution < 1.29 is 4.79 Å². The molecule has 1 amide bonds. The number of nitrogens with zero attached hydrogens (tertiary/aromatic N) is 1. The standard InChI is InChI=1S/C18H27N3O.ClH/c1-19-16-9-5-12-21(13-16)14-17(22)20-18(10-6-11-18)15-7-3-2-4-8-15;/h2-4,7-8,16,19H,5-6,9-14H2,1H3,(H,20,22);1H. The van der Waals surface area contributed by atoms with Gasteiger partial charge in [0.25, 0.3) is 0 Å². The van der Waals surface area contributed by atoms with E-state index in [4.69, 9.17) is 0 Å². The Bertz CT molecular complexity index is 504. The van der Waals surface area contributed by atoms with Gasteiger partial charge < -0.3 is 10.6 Å². The number of piperidine rings is 1. The zero-order valence-corrected chi connectivity index (χ0v) is 14.7. The van der Waals surface area contributed by atoms with E-state index < -0.39 is 0 Å². The van der Waals surface area contributed by atoms with Crippen LogP contribution in [0.15, 0.2) is 30.3 Å². The lowest BCUT2D eigenvalue weighted by Crippen LogP contribution is -2.54. The van der Waals surface area contributed by atoms with Crippen LogP contribution in [0.5, 0.6) is 0 Å². The van der Waals surface area contributed by atoms with Gasteiger partial charge in [0, 0.05) is 12.6 Å². The van der Waals surface area contributed by atoms with Gasteiger partial charge in [-0.2, -0.15) is 0 Å². The van der Waals surface area contributed by atoms with Gasteiger partial charge in [0.15, 0.2) is 0 Å². The van der Waals surface area contributed by atoms with Crippen LogP contribution < -0.4 is 10.6 Å². The van der Waals surface area contributed by atoms with Gasteiger partial charge in [-0.05, 0) is 51.3 Å². The van der Waals surface area contributed by atoms with Crippen LogP contribution in [-0.4, -0.2) is 43.5 Å². The first-order valence-corrected chi connectivity index (χ1v) is 8.48. The second-order valence-corrected chi connectivity index (χ2v) is 6.71. The molecule has 1 heterocycles. The van der Waals surface area contributed by atoms with Crippen molar-refractivity contribution >= 4 is 18.3 Å². The van der Waals surface area contributed by atoms with Gasteiger partial charge in [0.2, 0.25) is 5.91 Å². The summed E-state index contributed by atoms with van der Waals surface area (Å²) in [6.07, 6.45) is 5.69. The third-order valence-corrected chi connectivity index (χ3v) is 5.19. The van der Waals surface area contributed by atoms with Crippen LogP contribution in [0.25, 0.3) is 0 Å². The quantitative estimate of drug-likeness (QED) is 0.866. The molecule has 0 spiro atoms. The lowest BCUT2D eigenvalue weighted by atomic mass is 9.72. The maximum absolute atomic E-state index is 12.5. The molecule has 0 bridgehead atoms. The molecule has 2 fully saturated rings. The van der Waals surface area contributed by atoms with E-state index in [1.54, 1.807) is 0 Å². The molecular formula is C18H28ClN3O. The molecule has 0 aromatic heterocycles. The number of likely N-dealkylation sites (N-methyl/N-ethyl adjacent to an activating group) is 1. The maximum atomic E-state index is 12.5. The van der Waals surface area contributed by atoms with E-state index in [-0.39, 0.29) is 23.9 Å². The molecule has 1 aromatic carbocycles. The van der Waals surface area contributed by atoms with Crippen molar-refractivity contribution in [2.24, 2.45) is 0 Å². The number of amides is 1. The normalized spacial score (nSPS) is 23.4. The summed E-state index contributed by atoms with van der Waals surface area (Å²) < 4.78 is 0. The van der Waals surface area contributed by atoms with Crippen LogP contribution in [0.1, 0.15) is 37.7 Å². The first kappa shape index (κ1) is 18.2. The zero-order valence-electron chi connectivity index (χ0n) is 13.9. The number of halogens is 1. The molecule has 5 heteroatoms. The van der Waals surface area contributed by atoms with E-state index in [1.165, 1.54) is 24.8 Å². The van der Waals surface area contributed by atoms with E-state index in [1.807, 2.05) is 13.1 Å². The van der Waals surface area contributed by atoms with Crippen molar-refractivity contribution in [3.05, 3.63) is 35.9 Å². The molecule has 3 rings (SSSR count). The summed E-state index contributed by atoms with van der Waals surface area (Å²) in [5, 5.41) is 6.66. The van der Waals surface area contributed by atoms with Crippen LogP contribution in [0, 0.1) is 0 Å². The monoisotopic (exact) mass is 337 g/mol. The van der Waals surface area contributed by atoms with Gasteiger partial charge in [0.1, 0.15) is 0 Å². The van der Waals surface area contributed by atoms with Gasteiger partial charge in [-0.15, -0.1) is 12.4 Å². The van der Waals surface area contributed by atoms with Crippen molar-refractivity contribution in [3.8, 4) is 0 Å². The number of benzene rings is 1. The second-order valence-electron chi connectivity index (χ2n) is 6.71. The minimum Gasteiger partial charge on any atom is -0.345 e. The molecule has 1 unspecified atom stereocenters. The fourth-order valence-corrected chi connectivity index (χ4v) is 3.72. The fourth-order valence-electron chi connectivity index (χ4n) is 3.72. The summed E-state index contributed by atoms with van der Waals surface area (Å²) in [5.41, 5.74) is 1.14.